The quantitative estimate of drug-likeness (QED) is 0.577. The number of amides is 1. The van der Waals surface area contributed by atoms with Crippen LogP contribution in [0.5, 0.6) is 0 Å². The van der Waals surface area contributed by atoms with E-state index in [4.69, 9.17) is 4.42 Å². The van der Waals surface area contributed by atoms with Gasteiger partial charge in [-0.3, -0.25) is 4.79 Å². The zero-order chi connectivity index (χ0) is 19.4. The Morgan fingerprint density at radius 1 is 1.15 bits per heavy atom. The van der Waals surface area contributed by atoms with E-state index in [-0.39, 0.29) is 23.8 Å². The highest BCUT2D eigenvalue weighted by Gasteiger charge is 2.17. The predicted octanol–water partition coefficient (Wildman–Crippen LogP) is 2.79. The van der Waals surface area contributed by atoms with Crippen molar-refractivity contribution in [3.8, 4) is 0 Å². The van der Waals surface area contributed by atoms with E-state index in [1.165, 1.54) is 31.2 Å². The third kappa shape index (κ3) is 4.73. The van der Waals surface area contributed by atoms with Crippen LogP contribution in [0.2, 0.25) is 0 Å². The molecule has 0 saturated heterocycles. The Bertz CT molecular complexity index is 1010. The van der Waals surface area contributed by atoms with E-state index in [2.05, 4.69) is 10.0 Å². The van der Waals surface area contributed by atoms with E-state index >= 15 is 0 Å². The van der Waals surface area contributed by atoms with Crippen LogP contribution in [0.1, 0.15) is 25.2 Å². The van der Waals surface area contributed by atoms with Gasteiger partial charge < -0.3 is 14.8 Å². The summed E-state index contributed by atoms with van der Waals surface area (Å²) in [7, 11) is -3.71. The molecule has 7 nitrogen and oxygen atoms in total. The smallest absolute Gasteiger partial charge is 0.240 e. The highest BCUT2D eigenvalue weighted by molar-refractivity contribution is 7.89. The number of hydrogen-bond donors (Lipinski definition) is 3. The number of benzene rings is 2. The van der Waals surface area contributed by atoms with Gasteiger partial charge in [-0.1, -0.05) is 18.2 Å². The third-order valence-corrected chi connectivity index (χ3v) is 5.44. The van der Waals surface area contributed by atoms with Gasteiger partial charge in [-0.2, -0.15) is 0 Å². The normalized spacial score (nSPS) is 12.8. The number of rotatable bonds is 7. The third-order valence-electron chi connectivity index (χ3n) is 3.97. The number of anilines is 1. The Hall–Kier alpha value is -2.68. The van der Waals surface area contributed by atoms with Gasteiger partial charge in [-0.15, -0.1) is 0 Å². The summed E-state index contributed by atoms with van der Waals surface area (Å²) in [6.07, 6.45) is -0.745. The Morgan fingerprint density at radius 3 is 2.52 bits per heavy atom. The molecule has 3 aromatic rings. The number of carbonyl (C=O) groups is 1. The van der Waals surface area contributed by atoms with Crippen molar-refractivity contribution in [2.24, 2.45) is 0 Å². The molecule has 8 heteroatoms. The van der Waals surface area contributed by atoms with Gasteiger partial charge in [0.15, 0.2) is 0 Å². The summed E-state index contributed by atoms with van der Waals surface area (Å²) < 4.78 is 32.7. The summed E-state index contributed by atoms with van der Waals surface area (Å²) in [4.78, 5) is 11.1. The lowest BCUT2D eigenvalue weighted by atomic mass is 10.2. The second-order valence-corrected chi connectivity index (χ2v) is 7.86. The molecule has 0 bridgehead atoms. The highest BCUT2D eigenvalue weighted by Crippen LogP contribution is 2.25. The van der Waals surface area contributed by atoms with Crippen molar-refractivity contribution >= 4 is 32.6 Å². The van der Waals surface area contributed by atoms with Gasteiger partial charge in [0.25, 0.3) is 0 Å². The van der Waals surface area contributed by atoms with Crippen molar-refractivity contribution in [3.05, 3.63) is 60.4 Å². The summed E-state index contributed by atoms with van der Waals surface area (Å²) in [5, 5.41) is 13.7. The van der Waals surface area contributed by atoms with Crippen molar-refractivity contribution in [3.63, 3.8) is 0 Å². The molecule has 1 amide bonds. The Labute approximate surface area is 157 Å². The Balaban J connectivity index is 1.59. The van der Waals surface area contributed by atoms with E-state index in [0.717, 1.165) is 5.39 Å². The molecule has 142 valence electrons. The van der Waals surface area contributed by atoms with E-state index in [9.17, 15) is 18.3 Å². The molecule has 0 spiro atoms. The summed E-state index contributed by atoms with van der Waals surface area (Å²) in [6, 6.07) is 15.0. The first-order chi connectivity index (χ1) is 12.8. The summed E-state index contributed by atoms with van der Waals surface area (Å²) >= 11 is 0. The lowest BCUT2D eigenvalue weighted by molar-refractivity contribution is -0.114. The zero-order valence-corrected chi connectivity index (χ0v) is 15.5. The Kier molecular flexibility index (Phi) is 5.59. The monoisotopic (exact) mass is 388 g/mol. The lowest BCUT2D eigenvalue weighted by Gasteiger charge is -2.10. The van der Waals surface area contributed by atoms with E-state index in [1.54, 1.807) is 12.1 Å². The molecule has 1 aromatic heterocycles. The largest absolute Gasteiger partial charge is 0.458 e. The van der Waals surface area contributed by atoms with Crippen molar-refractivity contribution in [1.82, 2.24) is 4.72 Å². The van der Waals surface area contributed by atoms with Gasteiger partial charge >= 0.3 is 0 Å². The molecule has 0 aliphatic heterocycles. The molecule has 0 saturated carbocycles. The number of aliphatic hydroxyl groups is 1. The van der Waals surface area contributed by atoms with Gasteiger partial charge in [0, 0.05) is 24.5 Å². The minimum Gasteiger partial charge on any atom is -0.458 e. The van der Waals surface area contributed by atoms with Gasteiger partial charge in [0.1, 0.15) is 17.4 Å². The van der Waals surface area contributed by atoms with E-state index in [0.29, 0.717) is 17.0 Å². The maximum Gasteiger partial charge on any atom is 0.240 e. The van der Waals surface area contributed by atoms with Gasteiger partial charge in [-0.05, 0) is 42.8 Å². The van der Waals surface area contributed by atoms with Crippen LogP contribution in [-0.2, 0) is 14.8 Å². The fraction of sp³-hybridized carbons (Fsp3) is 0.211. The molecule has 2 aromatic carbocycles. The second kappa shape index (κ2) is 7.91. The van der Waals surface area contributed by atoms with Crippen molar-refractivity contribution < 1.29 is 22.7 Å². The first-order valence-corrected chi connectivity index (χ1v) is 9.87. The minimum absolute atomic E-state index is 0.0496. The number of para-hydroxylation sites is 1. The average molecular weight is 388 g/mol. The van der Waals surface area contributed by atoms with Crippen molar-refractivity contribution in [2.45, 2.75) is 24.3 Å². The number of sulfonamides is 1. The summed E-state index contributed by atoms with van der Waals surface area (Å²) in [5.41, 5.74) is 1.19. The highest BCUT2D eigenvalue weighted by atomic mass is 32.2. The molecular weight excluding hydrogens is 368 g/mol. The first kappa shape index (κ1) is 19.1. The van der Waals surface area contributed by atoms with Crippen LogP contribution >= 0.6 is 0 Å². The molecule has 3 N–H and O–H groups in total. The topological polar surface area (TPSA) is 109 Å². The number of fused-ring (bicyclic) bond motifs is 1. The first-order valence-electron chi connectivity index (χ1n) is 8.39. The molecule has 0 unspecified atom stereocenters. The van der Waals surface area contributed by atoms with Crippen LogP contribution < -0.4 is 10.0 Å². The number of furan rings is 1. The number of carbonyl (C=O) groups excluding carboxylic acids is 1. The standard InChI is InChI=1S/C19H20N2O5S/c1-13(22)21-15-6-8-16(9-7-15)27(24,25)20-11-10-17(23)19-12-14-4-2-3-5-18(14)26-19/h2-9,12,17,20,23H,10-11H2,1H3,(H,21,22)/t17-/m0/s1. The average Bonchev–Trinajstić information content (AvgIpc) is 3.06. The van der Waals surface area contributed by atoms with Crippen molar-refractivity contribution in [2.75, 3.05) is 11.9 Å². The predicted molar refractivity (Wildman–Crippen MR) is 102 cm³/mol. The fourth-order valence-electron chi connectivity index (χ4n) is 2.64. The molecule has 1 atom stereocenters. The van der Waals surface area contributed by atoms with Gasteiger partial charge in [0.05, 0.1) is 4.90 Å². The summed E-state index contributed by atoms with van der Waals surface area (Å²) in [5.74, 6) is 0.165. The van der Waals surface area contributed by atoms with Crippen LogP contribution in [0.4, 0.5) is 5.69 Å². The molecule has 0 aliphatic rings. The molecular formula is C19H20N2O5S. The van der Waals surface area contributed by atoms with Crippen molar-refractivity contribution in [1.29, 1.82) is 0 Å². The van der Waals surface area contributed by atoms with Crippen LogP contribution in [-0.4, -0.2) is 26.0 Å². The molecule has 3 rings (SSSR count). The Morgan fingerprint density at radius 2 is 1.85 bits per heavy atom. The maximum absolute atomic E-state index is 12.3. The molecule has 0 radical (unpaired) electrons. The molecule has 1 heterocycles. The van der Waals surface area contributed by atoms with Gasteiger partial charge in [-0.25, -0.2) is 13.1 Å². The van der Waals surface area contributed by atoms with Crippen LogP contribution in [0.15, 0.2) is 63.9 Å². The summed E-state index contributed by atoms with van der Waals surface area (Å²) in [6.45, 7) is 1.42. The SMILES string of the molecule is CC(=O)Nc1ccc(S(=O)(=O)NCC[C@H](O)c2cc3ccccc3o2)cc1. The number of hydrogen-bond acceptors (Lipinski definition) is 5. The van der Waals surface area contributed by atoms with Crippen LogP contribution in [0.25, 0.3) is 11.0 Å². The van der Waals surface area contributed by atoms with Crippen LogP contribution in [0.3, 0.4) is 0 Å². The second-order valence-electron chi connectivity index (χ2n) is 6.09. The molecule has 0 fully saturated rings. The van der Waals surface area contributed by atoms with E-state index < -0.39 is 16.1 Å². The number of aliphatic hydroxyl groups excluding tert-OH is 1. The van der Waals surface area contributed by atoms with Crippen LogP contribution in [0, 0.1) is 0 Å². The zero-order valence-electron chi connectivity index (χ0n) is 14.7. The maximum atomic E-state index is 12.3. The fourth-order valence-corrected chi connectivity index (χ4v) is 3.69. The molecule has 0 aliphatic carbocycles. The molecule has 27 heavy (non-hydrogen) atoms. The van der Waals surface area contributed by atoms with Gasteiger partial charge in [0.2, 0.25) is 15.9 Å². The minimum atomic E-state index is -3.71. The van der Waals surface area contributed by atoms with E-state index in [1.807, 2.05) is 18.2 Å². The number of nitrogens with one attached hydrogen (secondary N) is 2. The lowest BCUT2D eigenvalue weighted by Crippen LogP contribution is -2.26.